The van der Waals surface area contributed by atoms with Gasteiger partial charge in [0.05, 0.1) is 21.2 Å². The van der Waals surface area contributed by atoms with Crippen molar-refractivity contribution in [3.8, 4) is 6.07 Å². The molecule has 0 fully saturated rings. The molecule has 0 spiro atoms. The van der Waals surface area contributed by atoms with E-state index < -0.39 is 5.91 Å². The Bertz CT molecular complexity index is 1280. The number of carbonyl (C=O) groups excluding carboxylic acids is 1. The molecular weight excluding hydrogens is 362 g/mol. The molecule has 1 amide bonds. The Morgan fingerprint density at radius 2 is 1.96 bits per heavy atom. The molecule has 0 aliphatic carbocycles. The van der Waals surface area contributed by atoms with E-state index >= 15 is 0 Å². The highest BCUT2D eigenvalue weighted by molar-refractivity contribution is 7.22. The number of aromatic nitrogens is 1. The summed E-state index contributed by atoms with van der Waals surface area (Å²) in [5.41, 5.74) is 0.812. The third kappa shape index (κ3) is 3.21. The van der Waals surface area contributed by atoms with Crippen molar-refractivity contribution >= 4 is 49.6 Å². The molecule has 7 heteroatoms. The number of hydrogen-bond acceptors (Lipinski definition) is 6. The molecule has 130 valence electrons. The molecule has 27 heavy (non-hydrogen) atoms. The molecule has 0 radical (unpaired) electrons. The lowest BCUT2D eigenvalue weighted by Crippen LogP contribution is -2.14. The Kier molecular flexibility index (Phi) is 4.24. The van der Waals surface area contributed by atoms with Gasteiger partial charge in [-0.15, -0.1) is 0 Å². The van der Waals surface area contributed by atoms with Gasteiger partial charge in [-0.25, -0.2) is 4.98 Å². The van der Waals surface area contributed by atoms with Crippen LogP contribution in [-0.2, 0) is 4.79 Å². The van der Waals surface area contributed by atoms with Gasteiger partial charge in [0.1, 0.15) is 23.5 Å². The Hall–Kier alpha value is -3.76. The highest BCUT2D eigenvalue weighted by atomic mass is 32.1. The number of carbonyl (C=O) groups is 1. The summed E-state index contributed by atoms with van der Waals surface area (Å²) in [6.45, 7) is 0. The molecule has 0 atom stereocenters. The fraction of sp³-hybridized carbons (Fsp3) is 0. The van der Waals surface area contributed by atoms with Crippen molar-refractivity contribution in [1.82, 2.24) is 4.98 Å². The van der Waals surface area contributed by atoms with Crippen LogP contribution in [0.15, 0.2) is 69.6 Å². The van der Waals surface area contributed by atoms with Gasteiger partial charge in [-0.2, -0.15) is 5.26 Å². The highest BCUT2D eigenvalue weighted by Gasteiger charge is 2.14. The summed E-state index contributed by atoms with van der Waals surface area (Å²) in [4.78, 5) is 29.3. The number of thiazole rings is 1. The second-order valence-electron chi connectivity index (χ2n) is 5.63. The van der Waals surface area contributed by atoms with Crippen molar-refractivity contribution < 1.29 is 9.21 Å². The molecule has 0 saturated carbocycles. The van der Waals surface area contributed by atoms with Gasteiger partial charge in [-0.05, 0) is 30.3 Å². The van der Waals surface area contributed by atoms with E-state index in [2.05, 4.69) is 10.3 Å². The van der Waals surface area contributed by atoms with E-state index in [0.717, 1.165) is 10.2 Å². The Labute approximate surface area is 157 Å². The smallest absolute Gasteiger partial charge is 0.268 e. The third-order valence-corrected chi connectivity index (χ3v) is 4.84. The van der Waals surface area contributed by atoms with Crippen LogP contribution in [0.5, 0.6) is 0 Å². The zero-order chi connectivity index (χ0) is 18.8. The van der Waals surface area contributed by atoms with Gasteiger partial charge in [0.15, 0.2) is 10.6 Å². The van der Waals surface area contributed by atoms with Gasteiger partial charge in [-0.3, -0.25) is 14.9 Å². The van der Waals surface area contributed by atoms with Crippen molar-refractivity contribution in [3.05, 3.63) is 76.2 Å². The zero-order valence-corrected chi connectivity index (χ0v) is 14.6. The molecule has 0 aliphatic rings. The lowest BCUT2D eigenvalue weighted by atomic mass is 10.1. The van der Waals surface area contributed by atoms with E-state index in [1.807, 2.05) is 30.3 Å². The summed E-state index contributed by atoms with van der Waals surface area (Å²) in [7, 11) is 0. The quantitative estimate of drug-likeness (QED) is 0.433. The molecule has 4 rings (SSSR count). The minimum Gasteiger partial charge on any atom is -0.463 e. The summed E-state index contributed by atoms with van der Waals surface area (Å²) >= 11 is 1.30. The zero-order valence-electron chi connectivity index (χ0n) is 13.8. The monoisotopic (exact) mass is 373 g/mol. The van der Waals surface area contributed by atoms with Gasteiger partial charge in [-0.1, -0.05) is 35.6 Å². The lowest BCUT2D eigenvalue weighted by Gasteiger charge is -2.01. The van der Waals surface area contributed by atoms with E-state index in [9.17, 15) is 14.9 Å². The van der Waals surface area contributed by atoms with E-state index in [-0.39, 0.29) is 16.6 Å². The van der Waals surface area contributed by atoms with Gasteiger partial charge in [0, 0.05) is 0 Å². The van der Waals surface area contributed by atoms with Crippen molar-refractivity contribution in [2.45, 2.75) is 0 Å². The second kappa shape index (κ2) is 6.86. The lowest BCUT2D eigenvalue weighted by molar-refractivity contribution is -0.112. The maximum absolute atomic E-state index is 12.5. The number of hydrogen-bond donors (Lipinski definition) is 1. The Balaban J connectivity index is 1.67. The molecule has 0 aliphatic heterocycles. The van der Waals surface area contributed by atoms with Crippen LogP contribution in [0, 0.1) is 11.3 Å². The molecule has 2 aromatic heterocycles. The number of nitrogens with one attached hydrogen (secondary N) is 1. The summed E-state index contributed by atoms with van der Waals surface area (Å²) in [6.07, 6.45) is 2.47. The van der Waals surface area contributed by atoms with Gasteiger partial charge in [0.2, 0.25) is 0 Å². The first kappa shape index (κ1) is 16.7. The predicted molar refractivity (Wildman–Crippen MR) is 104 cm³/mol. The molecule has 2 heterocycles. The van der Waals surface area contributed by atoms with Crippen LogP contribution in [-0.4, -0.2) is 10.9 Å². The molecule has 6 nitrogen and oxygen atoms in total. The summed E-state index contributed by atoms with van der Waals surface area (Å²) < 4.78 is 6.33. The number of nitrogens with zero attached hydrogens (tertiary/aromatic N) is 2. The minimum absolute atomic E-state index is 0.129. The van der Waals surface area contributed by atoms with Gasteiger partial charge in [0.25, 0.3) is 5.91 Å². The number of amides is 1. The molecule has 0 unspecified atom stereocenters. The minimum atomic E-state index is -0.635. The number of fused-ring (bicyclic) bond motifs is 2. The van der Waals surface area contributed by atoms with Gasteiger partial charge >= 0.3 is 0 Å². The first-order chi connectivity index (χ1) is 13.2. The van der Waals surface area contributed by atoms with Crippen molar-refractivity contribution in [3.63, 3.8) is 0 Å². The number of benzene rings is 2. The van der Waals surface area contributed by atoms with E-state index in [1.54, 1.807) is 24.3 Å². The number of nitriles is 1. The Morgan fingerprint density at radius 3 is 2.78 bits per heavy atom. The number of rotatable bonds is 3. The molecule has 0 bridgehead atoms. The molecular formula is C20H11N3O3S. The average molecular weight is 373 g/mol. The maximum Gasteiger partial charge on any atom is 0.268 e. The molecule has 0 saturated heterocycles. The van der Waals surface area contributed by atoms with Crippen molar-refractivity contribution in [2.24, 2.45) is 0 Å². The normalized spacial score (nSPS) is 11.4. The highest BCUT2D eigenvalue weighted by Crippen LogP contribution is 2.25. The van der Waals surface area contributed by atoms with Crippen LogP contribution < -0.4 is 10.7 Å². The number of para-hydroxylation sites is 2. The first-order valence-electron chi connectivity index (χ1n) is 7.95. The van der Waals surface area contributed by atoms with Crippen LogP contribution in [0.3, 0.4) is 0 Å². The third-order valence-electron chi connectivity index (χ3n) is 3.89. The maximum atomic E-state index is 12.5. The van der Waals surface area contributed by atoms with Crippen molar-refractivity contribution in [2.75, 3.05) is 5.32 Å². The van der Waals surface area contributed by atoms with E-state index in [4.69, 9.17) is 4.42 Å². The second-order valence-corrected chi connectivity index (χ2v) is 6.66. The summed E-state index contributed by atoms with van der Waals surface area (Å²) in [5.74, 6) is -0.635. The fourth-order valence-electron chi connectivity index (χ4n) is 2.59. The van der Waals surface area contributed by atoms with E-state index in [1.165, 1.54) is 23.7 Å². The molecule has 4 aromatic rings. The summed E-state index contributed by atoms with van der Waals surface area (Å²) in [6, 6.07) is 16.1. The Morgan fingerprint density at radius 1 is 1.19 bits per heavy atom. The average Bonchev–Trinajstić information content (AvgIpc) is 3.10. The SMILES string of the molecule is N#C/C(=C\c1coc2ccccc2c1=O)C(=O)Nc1nc2ccccc2s1. The van der Waals surface area contributed by atoms with Crippen LogP contribution >= 0.6 is 11.3 Å². The fourth-order valence-corrected chi connectivity index (χ4v) is 3.45. The standard InChI is InChI=1S/C20H11N3O3S/c21-10-12(9-13-11-26-16-7-3-1-5-14(16)18(13)24)19(25)23-20-22-15-6-2-4-8-17(15)27-20/h1-9,11H,(H,22,23,25)/b12-9+. The van der Waals surface area contributed by atoms with Crippen LogP contribution in [0.25, 0.3) is 27.3 Å². The molecule has 1 N–H and O–H groups in total. The number of anilines is 1. The van der Waals surface area contributed by atoms with Crippen molar-refractivity contribution in [1.29, 1.82) is 5.26 Å². The molecule has 2 aromatic carbocycles. The van der Waals surface area contributed by atoms with Crippen LogP contribution in [0.2, 0.25) is 0 Å². The van der Waals surface area contributed by atoms with E-state index in [0.29, 0.717) is 16.1 Å². The predicted octanol–water partition coefficient (Wildman–Crippen LogP) is 3.95. The van der Waals surface area contributed by atoms with Gasteiger partial charge < -0.3 is 4.42 Å². The van der Waals surface area contributed by atoms with Crippen LogP contribution in [0.4, 0.5) is 5.13 Å². The summed E-state index contributed by atoms with van der Waals surface area (Å²) in [5, 5.41) is 12.7. The topological polar surface area (TPSA) is 96.0 Å². The van der Waals surface area contributed by atoms with Crippen LogP contribution in [0.1, 0.15) is 5.56 Å². The largest absolute Gasteiger partial charge is 0.463 e. The first-order valence-corrected chi connectivity index (χ1v) is 8.76.